The Balaban J connectivity index is 1.82. The van der Waals surface area contributed by atoms with E-state index in [4.69, 9.17) is 19.7 Å². The van der Waals surface area contributed by atoms with Crippen molar-refractivity contribution in [2.24, 2.45) is 11.8 Å². The fourth-order valence-corrected chi connectivity index (χ4v) is 7.43. The highest BCUT2D eigenvalue weighted by Crippen LogP contribution is 2.44. The second-order valence-corrected chi connectivity index (χ2v) is 14.0. The van der Waals surface area contributed by atoms with E-state index >= 15 is 0 Å². The minimum absolute atomic E-state index is 0.0862. The first-order valence-corrected chi connectivity index (χ1v) is 17.9. The molecule has 15 nitrogen and oxygen atoms in total. The van der Waals surface area contributed by atoms with Crippen molar-refractivity contribution in [3.8, 4) is 6.07 Å². The third-order valence-electron chi connectivity index (χ3n) is 9.04. The summed E-state index contributed by atoms with van der Waals surface area (Å²) in [6.45, 7) is 10.7. The summed E-state index contributed by atoms with van der Waals surface area (Å²) in [5.41, 5.74) is 4.27. The van der Waals surface area contributed by atoms with Gasteiger partial charge in [-0.05, 0) is 44.2 Å². The largest absolute Gasteiger partial charge is 0.464 e. The molecule has 2 aromatic heterocycles. The van der Waals surface area contributed by atoms with Crippen LogP contribution in [0.1, 0.15) is 85.8 Å². The van der Waals surface area contributed by atoms with Crippen LogP contribution in [0.3, 0.4) is 0 Å². The number of aliphatic hydroxyl groups is 2. The number of carbonyl (C=O) groups is 2. The van der Waals surface area contributed by atoms with Crippen molar-refractivity contribution in [3.05, 3.63) is 24.2 Å². The smallest absolute Gasteiger partial charge is 0.342 e. The predicted molar refractivity (Wildman–Crippen MR) is 174 cm³/mol. The summed E-state index contributed by atoms with van der Waals surface area (Å²) < 4.78 is 32.7. The van der Waals surface area contributed by atoms with E-state index in [1.807, 2.05) is 19.9 Å². The molecule has 1 fully saturated rings. The zero-order chi connectivity index (χ0) is 34.9. The van der Waals surface area contributed by atoms with E-state index in [2.05, 4.69) is 34.1 Å². The van der Waals surface area contributed by atoms with Crippen LogP contribution in [0.5, 0.6) is 0 Å². The van der Waals surface area contributed by atoms with Gasteiger partial charge in [0, 0.05) is 6.42 Å². The number of nitrogens with zero attached hydrogens (tertiary/aromatic N) is 4. The highest BCUT2D eigenvalue weighted by atomic mass is 31.2. The molecule has 2 aromatic rings. The molecule has 0 bridgehead atoms. The summed E-state index contributed by atoms with van der Waals surface area (Å²) in [6.07, 6.45) is 0.847. The zero-order valence-electron chi connectivity index (χ0n) is 28.1. The molecule has 262 valence electrons. The Kier molecular flexibility index (Phi) is 13.9. The minimum atomic E-state index is -4.24. The molecular weight excluding hydrogens is 629 g/mol. The lowest BCUT2D eigenvalue weighted by Gasteiger charge is -2.28. The average molecular weight is 680 g/mol. The van der Waals surface area contributed by atoms with Crippen LogP contribution in [0.15, 0.2) is 18.5 Å². The number of anilines is 1. The van der Waals surface area contributed by atoms with E-state index in [0.29, 0.717) is 17.9 Å². The fourth-order valence-electron chi connectivity index (χ4n) is 5.58. The van der Waals surface area contributed by atoms with Gasteiger partial charge in [-0.25, -0.2) is 19.7 Å². The predicted octanol–water partition coefficient (Wildman–Crippen LogP) is 3.00. The molecule has 3 heterocycles. The molecule has 1 unspecified atom stereocenters. The SMILES string of the molecule is CCC(CC)CCC(=O)[C@H](C)NP(=O)(N[C@@H](C)C(=O)OCC(CC)CC)OC[C@H]1O[C@@](C#N)(c2ccc3c(N)ncnn23)[C@H](O)[C@@H]1O. The summed E-state index contributed by atoms with van der Waals surface area (Å²) in [7, 11) is -4.24. The lowest BCUT2D eigenvalue weighted by atomic mass is 9.92. The van der Waals surface area contributed by atoms with Crippen LogP contribution in [0.4, 0.5) is 5.82 Å². The van der Waals surface area contributed by atoms with Gasteiger partial charge >= 0.3 is 13.6 Å². The number of ketones is 1. The van der Waals surface area contributed by atoms with Gasteiger partial charge in [0.1, 0.15) is 48.1 Å². The van der Waals surface area contributed by atoms with E-state index in [9.17, 15) is 29.6 Å². The lowest BCUT2D eigenvalue weighted by Crippen LogP contribution is -2.43. The molecule has 6 N–H and O–H groups in total. The van der Waals surface area contributed by atoms with Crippen LogP contribution in [-0.4, -0.2) is 80.2 Å². The molecule has 0 saturated carbocycles. The van der Waals surface area contributed by atoms with Crippen molar-refractivity contribution in [2.75, 3.05) is 18.9 Å². The number of aromatic nitrogens is 3. The molecule has 1 saturated heterocycles. The van der Waals surface area contributed by atoms with E-state index in [1.54, 1.807) is 13.0 Å². The number of rotatable bonds is 19. The van der Waals surface area contributed by atoms with Gasteiger partial charge in [0.05, 0.1) is 24.9 Å². The van der Waals surface area contributed by atoms with E-state index in [1.165, 1.54) is 23.8 Å². The molecule has 0 aromatic carbocycles. The van der Waals surface area contributed by atoms with Gasteiger partial charge in [0.25, 0.3) is 0 Å². The molecule has 0 amide bonds. The van der Waals surface area contributed by atoms with Crippen LogP contribution in [0.2, 0.25) is 0 Å². The van der Waals surface area contributed by atoms with Crippen molar-refractivity contribution < 1.29 is 38.4 Å². The average Bonchev–Trinajstić information content (AvgIpc) is 3.60. The van der Waals surface area contributed by atoms with Gasteiger partial charge in [0.2, 0.25) is 5.60 Å². The summed E-state index contributed by atoms with van der Waals surface area (Å²) in [6, 6.07) is 2.93. The number of aliphatic hydroxyl groups excluding tert-OH is 2. The third kappa shape index (κ3) is 8.94. The van der Waals surface area contributed by atoms with Gasteiger partial charge in [-0.3, -0.25) is 14.2 Å². The van der Waals surface area contributed by atoms with Crippen LogP contribution < -0.4 is 15.9 Å². The Morgan fingerprint density at radius 3 is 2.38 bits per heavy atom. The topological polar surface area (TPSA) is 223 Å². The van der Waals surface area contributed by atoms with Crippen molar-refractivity contribution in [3.63, 3.8) is 0 Å². The maximum absolute atomic E-state index is 14.3. The number of hydrogen-bond donors (Lipinski definition) is 5. The van der Waals surface area contributed by atoms with Crippen molar-refractivity contribution >= 4 is 30.8 Å². The van der Waals surface area contributed by atoms with Crippen molar-refractivity contribution in [2.45, 2.75) is 116 Å². The molecule has 0 aliphatic carbocycles. The molecule has 3 rings (SSSR count). The van der Waals surface area contributed by atoms with E-state index < -0.39 is 56.2 Å². The zero-order valence-corrected chi connectivity index (χ0v) is 29.0. The Hall–Kier alpha value is -2.96. The normalized spacial score (nSPS) is 23.9. The van der Waals surface area contributed by atoms with Gasteiger partial charge < -0.3 is 29.9 Å². The fraction of sp³-hybridized carbons (Fsp3) is 0.710. The van der Waals surface area contributed by atoms with Crippen molar-refractivity contribution in [1.82, 2.24) is 24.8 Å². The quantitative estimate of drug-likeness (QED) is 0.106. The molecule has 7 atom stereocenters. The lowest BCUT2D eigenvalue weighted by molar-refractivity contribution is -0.146. The number of nitrogens with two attached hydrogens (primary N) is 1. The number of nitrogen functional groups attached to an aromatic ring is 1. The van der Waals surface area contributed by atoms with Gasteiger partial charge in [0.15, 0.2) is 5.82 Å². The number of Topliss-reactive ketones (excluding diaryl/α,β-unsaturated/α-hetero) is 1. The van der Waals surface area contributed by atoms with Gasteiger partial charge in [-0.2, -0.15) is 10.4 Å². The molecule has 47 heavy (non-hydrogen) atoms. The number of ether oxygens (including phenoxy) is 2. The first-order chi connectivity index (χ1) is 22.3. The summed E-state index contributed by atoms with van der Waals surface area (Å²) >= 11 is 0. The summed E-state index contributed by atoms with van der Waals surface area (Å²) in [5.74, 6) is -0.169. The Morgan fingerprint density at radius 1 is 1.13 bits per heavy atom. The molecular formula is C31H50N7O8P. The summed E-state index contributed by atoms with van der Waals surface area (Å²) in [4.78, 5) is 29.8. The van der Waals surface area contributed by atoms with Gasteiger partial charge in [-0.1, -0.05) is 53.4 Å². The second kappa shape index (κ2) is 16.9. The molecule has 16 heteroatoms. The van der Waals surface area contributed by atoms with Crippen molar-refractivity contribution in [1.29, 1.82) is 5.26 Å². The number of esters is 1. The summed E-state index contributed by atoms with van der Waals surface area (Å²) in [5, 5.41) is 41.8. The first kappa shape index (κ1) is 38.5. The van der Waals surface area contributed by atoms with Crippen LogP contribution in [-0.2, 0) is 33.8 Å². The second-order valence-electron chi connectivity index (χ2n) is 12.1. The third-order valence-corrected chi connectivity index (χ3v) is 11.0. The Labute approximate surface area is 276 Å². The van der Waals surface area contributed by atoms with E-state index in [-0.39, 0.29) is 36.2 Å². The molecule has 1 aliphatic heterocycles. The number of hydrogen-bond acceptors (Lipinski definition) is 12. The van der Waals surface area contributed by atoms with Crippen LogP contribution in [0.25, 0.3) is 5.52 Å². The molecule has 1 aliphatic rings. The maximum atomic E-state index is 14.3. The Morgan fingerprint density at radius 2 is 1.77 bits per heavy atom. The molecule has 0 spiro atoms. The number of carbonyl (C=O) groups excluding carboxylic acids is 2. The number of nitriles is 1. The van der Waals surface area contributed by atoms with Crippen LogP contribution in [0, 0.1) is 23.2 Å². The number of nitrogens with one attached hydrogen (secondary N) is 2. The van der Waals surface area contributed by atoms with E-state index in [0.717, 1.165) is 25.7 Å². The highest BCUT2D eigenvalue weighted by molar-refractivity contribution is 7.54. The van der Waals surface area contributed by atoms with Gasteiger partial charge in [-0.15, -0.1) is 0 Å². The standard InChI is InChI=1S/C31H50N7O8P/c1-7-21(8-2)11-13-24(39)19(5)36-47(43,37-20(6)30(42)44-15-22(9-3)10-4)45-16-25-27(40)28(41)31(17-32,46-25)26-14-12-23-29(33)34-18-35-38(23)26/h12,14,18-22,25,27-28,40-41H,7-11,13,15-16H2,1-6H3,(H2,33,34,35)(H2,36,37,43)/t19-,20-,25+,27+,28+,31-,47?/m0/s1. The monoisotopic (exact) mass is 679 g/mol. The number of fused-ring (bicyclic) bond motifs is 1. The Bertz CT molecular complexity index is 1400. The minimum Gasteiger partial charge on any atom is -0.464 e. The molecule has 0 radical (unpaired) electrons. The highest BCUT2D eigenvalue weighted by Gasteiger charge is 2.58. The van der Waals surface area contributed by atoms with Crippen LogP contribution >= 0.6 is 7.67 Å². The maximum Gasteiger partial charge on any atom is 0.342 e. The first-order valence-electron chi connectivity index (χ1n) is 16.3.